The highest BCUT2D eigenvalue weighted by atomic mass is 32.1. The molecule has 0 aliphatic rings. The maximum absolute atomic E-state index is 12.1. The lowest BCUT2D eigenvalue weighted by Crippen LogP contribution is -2.20. The molecule has 2 aromatic heterocycles. The molecular weight excluding hydrogens is 492 g/mol. The summed E-state index contributed by atoms with van der Waals surface area (Å²) < 4.78 is 3.78. The fourth-order valence-corrected chi connectivity index (χ4v) is 4.22. The maximum atomic E-state index is 12.1. The fourth-order valence-electron chi connectivity index (χ4n) is 3.88. The van der Waals surface area contributed by atoms with E-state index in [0.29, 0.717) is 22.1 Å². The Morgan fingerprint density at radius 2 is 1.25 bits per heavy atom. The lowest BCUT2D eigenvalue weighted by atomic mass is 10.0. The molecular formula is C28H40N2O4S2. The van der Waals surface area contributed by atoms with Crippen LogP contribution in [0.4, 0.5) is 0 Å². The fraction of sp³-hybridized carbons (Fsp3) is 0.571. The molecule has 0 aliphatic carbocycles. The number of carbonyl (C=O) groups is 2. The van der Waals surface area contributed by atoms with Gasteiger partial charge in [0.05, 0.1) is 0 Å². The van der Waals surface area contributed by atoms with Crippen molar-refractivity contribution in [2.24, 2.45) is 0 Å². The van der Waals surface area contributed by atoms with Crippen molar-refractivity contribution in [1.29, 1.82) is 0 Å². The summed E-state index contributed by atoms with van der Waals surface area (Å²) in [7, 11) is 0. The highest BCUT2D eigenvalue weighted by molar-refractivity contribution is 7.71. The van der Waals surface area contributed by atoms with Gasteiger partial charge in [-0.1, -0.05) is 101 Å². The van der Waals surface area contributed by atoms with Gasteiger partial charge < -0.3 is 9.68 Å². The number of carbonyl (C=O) groups excluding carboxylic acids is 2. The Morgan fingerprint density at radius 1 is 0.694 bits per heavy atom. The van der Waals surface area contributed by atoms with Gasteiger partial charge in [-0.2, -0.15) is 9.46 Å². The molecule has 0 N–H and O–H groups in total. The van der Waals surface area contributed by atoms with E-state index < -0.39 is 0 Å². The van der Waals surface area contributed by atoms with Crippen molar-refractivity contribution in [3.8, 4) is 0 Å². The van der Waals surface area contributed by atoms with Gasteiger partial charge in [-0.25, -0.2) is 9.59 Å². The van der Waals surface area contributed by atoms with Gasteiger partial charge in [-0.15, -0.1) is 0 Å². The summed E-state index contributed by atoms with van der Waals surface area (Å²) >= 11 is 10.4. The highest BCUT2D eigenvalue weighted by Crippen LogP contribution is 2.13. The van der Waals surface area contributed by atoms with Crippen molar-refractivity contribution in [2.45, 2.75) is 103 Å². The second-order valence-corrected chi connectivity index (χ2v) is 9.97. The van der Waals surface area contributed by atoms with E-state index >= 15 is 0 Å². The van der Waals surface area contributed by atoms with Gasteiger partial charge >= 0.3 is 11.9 Å². The van der Waals surface area contributed by atoms with Crippen molar-refractivity contribution in [2.75, 3.05) is 0 Å². The summed E-state index contributed by atoms with van der Waals surface area (Å²) in [5.74, 6) is -0.471. The van der Waals surface area contributed by atoms with Gasteiger partial charge in [-0.05, 0) is 49.4 Å². The Kier molecular flexibility index (Phi) is 15.0. The summed E-state index contributed by atoms with van der Waals surface area (Å²) in [6.45, 7) is 2.15. The summed E-state index contributed by atoms with van der Waals surface area (Å²) in [6, 6.07) is 9.17. The third-order valence-electron chi connectivity index (χ3n) is 5.96. The second-order valence-electron chi connectivity index (χ2n) is 9.13. The average molecular weight is 533 g/mol. The first kappa shape index (κ1) is 29.9. The number of pyridine rings is 2. The number of aromatic nitrogens is 2. The summed E-state index contributed by atoms with van der Waals surface area (Å²) in [6.07, 6.45) is 18.3. The van der Waals surface area contributed by atoms with Crippen LogP contribution in [0.2, 0.25) is 0 Å². The van der Waals surface area contributed by atoms with E-state index in [2.05, 4.69) is 6.92 Å². The van der Waals surface area contributed by atoms with Crippen molar-refractivity contribution in [3.05, 3.63) is 57.6 Å². The number of rotatable bonds is 18. The van der Waals surface area contributed by atoms with Crippen LogP contribution in [0.25, 0.3) is 0 Å². The smallest absolute Gasteiger partial charge is 0.332 e. The molecule has 0 saturated heterocycles. The van der Waals surface area contributed by atoms with E-state index in [1.807, 2.05) is 24.4 Å². The monoisotopic (exact) mass is 532 g/mol. The minimum Gasteiger partial charge on any atom is -0.336 e. The SMILES string of the molecule is CCCCCCC(=O)On1cc(CCCCCCCCCCC(=O)On2ccccc2=S)ccc1=S. The van der Waals surface area contributed by atoms with Crippen molar-refractivity contribution < 1.29 is 19.3 Å². The van der Waals surface area contributed by atoms with E-state index in [-0.39, 0.29) is 11.9 Å². The van der Waals surface area contributed by atoms with Gasteiger partial charge in [0, 0.05) is 25.2 Å². The molecule has 2 aromatic rings. The molecule has 8 heteroatoms. The van der Waals surface area contributed by atoms with Crippen LogP contribution >= 0.6 is 24.4 Å². The highest BCUT2D eigenvalue weighted by Gasteiger charge is 2.07. The van der Waals surface area contributed by atoms with Crippen molar-refractivity contribution >= 4 is 36.4 Å². The van der Waals surface area contributed by atoms with E-state index in [1.165, 1.54) is 28.7 Å². The molecule has 0 radical (unpaired) electrons. The minimum atomic E-state index is -0.246. The van der Waals surface area contributed by atoms with Crippen LogP contribution < -0.4 is 9.68 Å². The van der Waals surface area contributed by atoms with Gasteiger partial charge in [0.15, 0.2) is 0 Å². The summed E-state index contributed by atoms with van der Waals surface area (Å²) in [5, 5.41) is 0. The number of unbranched alkanes of at least 4 members (excludes halogenated alkanes) is 10. The Bertz CT molecular complexity index is 1050. The molecule has 0 aromatic carbocycles. The van der Waals surface area contributed by atoms with Crippen LogP contribution in [-0.4, -0.2) is 21.4 Å². The van der Waals surface area contributed by atoms with Crippen LogP contribution in [0.3, 0.4) is 0 Å². The molecule has 0 fully saturated rings. The van der Waals surface area contributed by atoms with Crippen molar-refractivity contribution in [1.82, 2.24) is 9.46 Å². The van der Waals surface area contributed by atoms with Crippen LogP contribution in [0.1, 0.15) is 102 Å². The Labute approximate surface area is 225 Å². The predicted molar refractivity (Wildman–Crippen MR) is 148 cm³/mol. The first-order valence-electron chi connectivity index (χ1n) is 13.3. The molecule has 0 amide bonds. The number of hydrogen-bond donors (Lipinski definition) is 0. The molecule has 0 unspecified atom stereocenters. The molecule has 2 heterocycles. The second kappa shape index (κ2) is 18.0. The quantitative estimate of drug-likeness (QED) is 0.147. The first-order chi connectivity index (χ1) is 17.5. The Hall–Kier alpha value is -2.32. The third-order valence-corrected chi connectivity index (χ3v) is 6.59. The Balaban J connectivity index is 1.52. The van der Waals surface area contributed by atoms with Crippen LogP contribution in [0.15, 0.2) is 42.7 Å². The van der Waals surface area contributed by atoms with Crippen LogP contribution in [0, 0.1) is 9.28 Å². The van der Waals surface area contributed by atoms with Gasteiger partial charge in [0.2, 0.25) is 0 Å². The predicted octanol–water partition coefficient (Wildman–Crippen LogP) is 7.38. The zero-order chi connectivity index (χ0) is 26.0. The Morgan fingerprint density at radius 3 is 1.89 bits per heavy atom. The lowest BCUT2D eigenvalue weighted by molar-refractivity contribution is -0.145. The van der Waals surface area contributed by atoms with E-state index in [4.69, 9.17) is 34.1 Å². The molecule has 2 rings (SSSR count). The minimum absolute atomic E-state index is 0.225. The molecule has 0 aliphatic heterocycles. The van der Waals surface area contributed by atoms with Crippen molar-refractivity contribution in [3.63, 3.8) is 0 Å². The number of nitrogens with zero attached hydrogens (tertiary/aromatic N) is 2. The third kappa shape index (κ3) is 12.6. The molecule has 6 nitrogen and oxygen atoms in total. The van der Waals surface area contributed by atoms with Crippen LogP contribution in [-0.2, 0) is 16.0 Å². The van der Waals surface area contributed by atoms with Gasteiger partial charge in [0.1, 0.15) is 9.28 Å². The van der Waals surface area contributed by atoms with E-state index in [0.717, 1.165) is 69.8 Å². The van der Waals surface area contributed by atoms with E-state index in [1.54, 1.807) is 18.3 Å². The normalized spacial score (nSPS) is 10.8. The summed E-state index contributed by atoms with van der Waals surface area (Å²) in [4.78, 5) is 34.7. The molecule has 0 bridgehead atoms. The van der Waals surface area contributed by atoms with Gasteiger partial charge in [-0.3, -0.25) is 0 Å². The summed E-state index contributed by atoms with van der Waals surface area (Å²) in [5.41, 5.74) is 1.13. The molecule has 0 spiro atoms. The van der Waals surface area contributed by atoms with Crippen LogP contribution in [0.5, 0.6) is 0 Å². The van der Waals surface area contributed by atoms with E-state index in [9.17, 15) is 9.59 Å². The lowest BCUT2D eigenvalue weighted by Gasteiger charge is -2.10. The standard InChI is InChI=1S/C28H40N2O4S2/c1-2-3-4-12-18-28(32)34-30-23-24(20-21-26(30)36)16-11-9-7-5-6-8-10-13-19-27(31)33-29-22-15-14-17-25(29)35/h14-15,17,20-23H,2-13,16,18-19H2,1H3. The zero-order valence-corrected chi connectivity index (χ0v) is 23.1. The average Bonchev–Trinajstić information content (AvgIpc) is 2.86. The number of aryl methyl sites for hydroxylation is 1. The molecule has 36 heavy (non-hydrogen) atoms. The largest absolute Gasteiger partial charge is 0.336 e. The zero-order valence-electron chi connectivity index (χ0n) is 21.5. The topological polar surface area (TPSA) is 62.5 Å². The first-order valence-corrected chi connectivity index (χ1v) is 14.1. The van der Waals surface area contributed by atoms with Gasteiger partial charge in [0.25, 0.3) is 0 Å². The number of hydrogen-bond acceptors (Lipinski definition) is 6. The maximum Gasteiger partial charge on any atom is 0.332 e. The molecule has 0 saturated carbocycles. The molecule has 0 atom stereocenters. The molecule has 198 valence electrons.